The highest BCUT2D eigenvalue weighted by molar-refractivity contribution is 7.15. The summed E-state index contributed by atoms with van der Waals surface area (Å²) < 4.78 is 3.29. The van der Waals surface area contributed by atoms with Crippen LogP contribution in [0.15, 0.2) is 50.9 Å². The van der Waals surface area contributed by atoms with E-state index in [0.717, 1.165) is 9.44 Å². The van der Waals surface area contributed by atoms with E-state index in [4.69, 9.17) is 11.6 Å². The highest BCUT2D eigenvalue weighted by Gasteiger charge is 2.18. The lowest BCUT2D eigenvalue weighted by Gasteiger charge is -2.13. The Bertz CT molecular complexity index is 1100. The molecule has 4 heterocycles. The van der Waals surface area contributed by atoms with Crippen molar-refractivity contribution < 1.29 is 0 Å². The molecule has 9 heteroatoms. The van der Waals surface area contributed by atoms with E-state index in [1.54, 1.807) is 40.5 Å². The lowest BCUT2D eigenvalue weighted by Crippen LogP contribution is -2.36. The average molecular weight is 377 g/mol. The molecule has 24 heavy (non-hydrogen) atoms. The Labute approximate surface area is 148 Å². The highest BCUT2D eigenvalue weighted by Crippen LogP contribution is 2.21. The number of pyridine rings is 1. The van der Waals surface area contributed by atoms with Gasteiger partial charge in [-0.05, 0) is 23.6 Å². The maximum Gasteiger partial charge on any atom is 0.357 e. The van der Waals surface area contributed by atoms with Crippen LogP contribution in [0.1, 0.15) is 4.88 Å². The van der Waals surface area contributed by atoms with Gasteiger partial charge in [0.15, 0.2) is 10.3 Å². The topological polar surface area (TPSA) is 69.8 Å². The van der Waals surface area contributed by atoms with Crippen molar-refractivity contribution in [3.63, 3.8) is 0 Å². The average Bonchev–Trinajstić information content (AvgIpc) is 3.20. The van der Waals surface area contributed by atoms with Crippen LogP contribution in [0, 0.1) is 0 Å². The van der Waals surface area contributed by atoms with Crippen molar-refractivity contribution in [2.24, 2.45) is 0 Å². The van der Waals surface area contributed by atoms with E-state index >= 15 is 0 Å². The van der Waals surface area contributed by atoms with Crippen LogP contribution >= 0.6 is 34.3 Å². The van der Waals surface area contributed by atoms with Gasteiger partial charge in [-0.3, -0.25) is 4.79 Å². The molecular formula is C15H9ClN4O2S2. The SMILES string of the molecule is O=c1nc2n(Cc3cnc(Cl)s3)cccc-2c(=O)n1-c1ccsc1. The minimum Gasteiger partial charge on any atom is -0.327 e. The van der Waals surface area contributed by atoms with Crippen molar-refractivity contribution in [1.82, 2.24) is 19.1 Å². The molecule has 0 amide bonds. The number of hydrogen-bond acceptors (Lipinski definition) is 6. The monoisotopic (exact) mass is 376 g/mol. The first-order valence-electron chi connectivity index (χ1n) is 6.88. The number of hydrogen-bond donors (Lipinski definition) is 0. The zero-order valence-electron chi connectivity index (χ0n) is 12.0. The molecule has 2 aromatic heterocycles. The first-order valence-corrected chi connectivity index (χ1v) is 9.02. The van der Waals surface area contributed by atoms with Crippen LogP contribution in [0.5, 0.6) is 0 Å². The zero-order valence-corrected chi connectivity index (χ0v) is 14.4. The van der Waals surface area contributed by atoms with Gasteiger partial charge in [0.05, 0.1) is 17.8 Å². The highest BCUT2D eigenvalue weighted by atomic mass is 35.5. The van der Waals surface area contributed by atoms with Gasteiger partial charge < -0.3 is 4.57 Å². The summed E-state index contributed by atoms with van der Waals surface area (Å²) in [6.45, 7) is 0.441. The molecule has 6 nitrogen and oxygen atoms in total. The summed E-state index contributed by atoms with van der Waals surface area (Å²) in [4.78, 5) is 34.1. The Morgan fingerprint density at radius 1 is 1.25 bits per heavy atom. The standard InChI is InChI=1S/C15H9ClN4O2S2/c16-14-17-6-10(24-14)7-19-4-1-2-11-12(19)18-15(22)20(13(11)21)9-3-5-23-8-9/h1-6,8H,7H2. The molecule has 2 aliphatic rings. The van der Waals surface area contributed by atoms with E-state index in [0.29, 0.717) is 28.1 Å². The van der Waals surface area contributed by atoms with Crippen LogP contribution in [0.4, 0.5) is 0 Å². The van der Waals surface area contributed by atoms with E-state index in [1.165, 1.54) is 22.7 Å². The van der Waals surface area contributed by atoms with E-state index in [1.807, 2.05) is 5.38 Å². The third kappa shape index (κ3) is 2.58. The largest absolute Gasteiger partial charge is 0.357 e. The van der Waals surface area contributed by atoms with Crippen LogP contribution in [0.2, 0.25) is 4.47 Å². The van der Waals surface area contributed by atoms with Crippen molar-refractivity contribution in [3.05, 3.63) is 71.5 Å². The van der Waals surface area contributed by atoms with Crippen LogP contribution in [-0.2, 0) is 6.54 Å². The molecule has 2 aromatic rings. The van der Waals surface area contributed by atoms with E-state index in [2.05, 4.69) is 9.97 Å². The summed E-state index contributed by atoms with van der Waals surface area (Å²) in [5, 5.41) is 3.55. The van der Waals surface area contributed by atoms with Gasteiger partial charge in [0, 0.05) is 22.7 Å². The lowest BCUT2D eigenvalue weighted by atomic mass is 10.2. The van der Waals surface area contributed by atoms with E-state index in [9.17, 15) is 9.59 Å². The van der Waals surface area contributed by atoms with Gasteiger partial charge in [0.2, 0.25) is 0 Å². The van der Waals surface area contributed by atoms with Crippen molar-refractivity contribution in [1.29, 1.82) is 0 Å². The molecule has 4 rings (SSSR count). The molecule has 0 atom stereocenters. The van der Waals surface area contributed by atoms with Crippen molar-refractivity contribution >= 4 is 34.3 Å². The van der Waals surface area contributed by atoms with Gasteiger partial charge in [-0.25, -0.2) is 14.3 Å². The molecule has 120 valence electrons. The number of thiophene rings is 1. The number of aromatic nitrogens is 4. The number of thiazole rings is 1. The number of fused-ring (bicyclic) bond motifs is 1. The van der Waals surface area contributed by atoms with Crippen molar-refractivity contribution in [3.8, 4) is 17.1 Å². The Morgan fingerprint density at radius 3 is 2.83 bits per heavy atom. The Morgan fingerprint density at radius 2 is 2.12 bits per heavy atom. The van der Waals surface area contributed by atoms with E-state index < -0.39 is 5.69 Å². The molecule has 0 saturated carbocycles. The minimum absolute atomic E-state index is 0.350. The number of halogens is 1. The fourth-order valence-electron chi connectivity index (χ4n) is 2.45. The summed E-state index contributed by atoms with van der Waals surface area (Å²) in [7, 11) is 0. The second-order valence-corrected chi connectivity index (χ2v) is 7.45. The van der Waals surface area contributed by atoms with Crippen LogP contribution in [0.3, 0.4) is 0 Å². The summed E-state index contributed by atoms with van der Waals surface area (Å²) >= 11 is 8.61. The van der Waals surface area contributed by atoms with Crippen LogP contribution < -0.4 is 11.2 Å². The lowest BCUT2D eigenvalue weighted by molar-refractivity contribution is 0.759. The Kier molecular flexibility index (Phi) is 3.79. The maximum atomic E-state index is 12.7. The predicted molar refractivity (Wildman–Crippen MR) is 94.8 cm³/mol. The second-order valence-electron chi connectivity index (χ2n) is 4.97. The van der Waals surface area contributed by atoms with Gasteiger partial charge in [0.1, 0.15) is 0 Å². The second kappa shape index (κ2) is 5.97. The summed E-state index contributed by atoms with van der Waals surface area (Å²) in [5.41, 5.74) is -0.0405. The molecule has 0 spiro atoms. The first kappa shape index (κ1) is 15.3. The van der Waals surface area contributed by atoms with Gasteiger partial charge in [0.25, 0.3) is 5.56 Å². The van der Waals surface area contributed by atoms with Gasteiger partial charge in [-0.15, -0.1) is 11.3 Å². The van der Waals surface area contributed by atoms with Gasteiger partial charge in [-0.1, -0.05) is 11.6 Å². The summed E-state index contributed by atoms with van der Waals surface area (Å²) in [6, 6.07) is 5.15. The molecule has 0 fully saturated rings. The third-order valence-corrected chi connectivity index (χ3v) is 5.25. The fraction of sp³-hybridized carbons (Fsp3) is 0.0667. The smallest absolute Gasteiger partial charge is 0.327 e. The quantitative estimate of drug-likeness (QED) is 0.551. The summed E-state index contributed by atoms with van der Waals surface area (Å²) in [5.74, 6) is 0.350. The number of nitrogens with zero attached hydrogens (tertiary/aromatic N) is 4. The third-order valence-electron chi connectivity index (χ3n) is 3.48. The molecule has 0 aromatic carbocycles. The minimum atomic E-state index is -0.590. The maximum absolute atomic E-state index is 12.7. The molecule has 0 unspecified atom stereocenters. The normalized spacial score (nSPS) is 11.2. The Balaban J connectivity index is 1.90. The van der Waals surface area contributed by atoms with Crippen molar-refractivity contribution in [2.75, 3.05) is 0 Å². The molecule has 2 aliphatic heterocycles. The first-order chi connectivity index (χ1) is 11.6. The van der Waals surface area contributed by atoms with Crippen molar-refractivity contribution in [2.45, 2.75) is 6.54 Å². The zero-order chi connectivity index (χ0) is 16.7. The molecule has 0 aliphatic carbocycles. The molecule has 0 bridgehead atoms. The summed E-state index contributed by atoms with van der Waals surface area (Å²) in [6.07, 6.45) is 3.44. The molecule has 0 N–H and O–H groups in total. The molecular weight excluding hydrogens is 368 g/mol. The predicted octanol–water partition coefficient (Wildman–Crippen LogP) is 2.72. The van der Waals surface area contributed by atoms with Crippen LogP contribution in [-0.4, -0.2) is 19.1 Å². The fourth-order valence-corrected chi connectivity index (χ4v) is 4.04. The van der Waals surface area contributed by atoms with Crippen LogP contribution in [0.25, 0.3) is 17.1 Å². The molecule has 0 saturated heterocycles. The van der Waals surface area contributed by atoms with Gasteiger partial charge >= 0.3 is 5.69 Å². The Hall–Kier alpha value is -2.29. The number of rotatable bonds is 3. The van der Waals surface area contributed by atoms with Gasteiger partial charge in [-0.2, -0.15) is 16.3 Å². The molecule has 0 radical (unpaired) electrons. The van der Waals surface area contributed by atoms with E-state index in [-0.39, 0.29) is 5.56 Å².